The zero-order valence-corrected chi connectivity index (χ0v) is 18.2. The number of allylic oxidation sites excluding steroid dienone is 1. The van der Waals surface area contributed by atoms with Crippen molar-refractivity contribution in [1.82, 2.24) is 0 Å². The van der Waals surface area contributed by atoms with Gasteiger partial charge in [0.25, 0.3) is 0 Å². The smallest absolute Gasteiger partial charge is 0.372 e. The Balaban J connectivity index is 1.57. The number of Topliss-reactive ketones (excluding diaryl/α,β-unsaturated/α-hetero) is 1. The number of fused-ring (bicyclic) bond motifs is 1. The van der Waals surface area contributed by atoms with Crippen LogP contribution >= 0.6 is 11.6 Å². The first-order chi connectivity index (χ1) is 15.8. The first-order valence-electron chi connectivity index (χ1n) is 10.6. The molecule has 3 aromatic rings. The summed E-state index contributed by atoms with van der Waals surface area (Å²) < 4.78 is 39.3. The van der Waals surface area contributed by atoms with Crippen molar-refractivity contribution in [2.24, 2.45) is 0 Å². The monoisotopic (exact) mass is 468 g/mol. The van der Waals surface area contributed by atoms with Gasteiger partial charge in [0.15, 0.2) is 5.78 Å². The Labute approximate surface area is 194 Å². The van der Waals surface area contributed by atoms with Gasteiger partial charge >= 0.3 is 6.18 Å². The Bertz CT molecular complexity index is 1230. The highest BCUT2D eigenvalue weighted by Crippen LogP contribution is 2.44. The number of anilines is 2. The molecule has 3 nitrogen and oxygen atoms in total. The van der Waals surface area contributed by atoms with Crippen LogP contribution in [0.3, 0.4) is 0 Å². The number of hydrogen-bond donors (Lipinski definition) is 2. The molecule has 3 aromatic carbocycles. The summed E-state index contributed by atoms with van der Waals surface area (Å²) in [5.74, 6) is -0.0477. The molecule has 1 aliphatic heterocycles. The molecule has 0 amide bonds. The van der Waals surface area contributed by atoms with Gasteiger partial charge < -0.3 is 10.6 Å². The van der Waals surface area contributed by atoms with Crippen LogP contribution < -0.4 is 10.6 Å². The summed E-state index contributed by atoms with van der Waals surface area (Å²) in [6.45, 7) is 0. The fourth-order valence-electron chi connectivity index (χ4n) is 4.58. The maximum atomic E-state index is 13.4. The lowest BCUT2D eigenvalue weighted by atomic mass is 9.78. The Morgan fingerprint density at radius 2 is 1.45 bits per heavy atom. The molecule has 0 saturated heterocycles. The van der Waals surface area contributed by atoms with Crippen molar-refractivity contribution in [1.29, 1.82) is 0 Å². The van der Waals surface area contributed by atoms with Gasteiger partial charge in [-0.2, -0.15) is 13.2 Å². The summed E-state index contributed by atoms with van der Waals surface area (Å²) >= 11 is 6.03. The number of nitrogens with one attached hydrogen (secondary N) is 2. The van der Waals surface area contributed by atoms with E-state index in [2.05, 4.69) is 10.6 Å². The zero-order valence-electron chi connectivity index (χ0n) is 17.4. The molecule has 0 saturated carbocycles. The number of halogens is 4. The average molecular weight is 469 g/mol. The molecule has 0 fully saturated rings. The van der Waals surface area contributed by atoms with Gasteiger partial charge in [0.05, 0.1) is 23.0 Å². The SMILES string of the molecule is O=C1C[C@@H](c2ccc(Cl)cc2)CC2=C1[C@H](c1ccc(C(F)(F)F)cc1)Nc1ccccc1N2. The van der Waals surface area contributed by atoms with Crippen LogP contribution in [0.15, 0.2) is 84.1 Å². The molecular formula is C26H20ClF3N2O. The molecule has 5 rings (SSSR count). The molecule has 2 aliphatic rings. The van der Waals surface area contributed by atoms with Crippen LogP contribution in [0.1, 0.15) is 41.5 Å². The highest BCUT2D eigenvalue weighted by molar-refractivity contribution is 6.30. The molecule has 0 bridgehead atoms. The van der Waals surface area contributed by atoms with Crippen LogP contribution in [0.25, 0.3) is 0 Å². The van der Waals surface area contributed by atoms with Crippen LogP contribution in [-0.2, 0) is 11.0 Å². The highest BCUT2D eigenvalue weighted by atomic mass is 35.5. The first-order valence-corrected chi connectivity index (χ1v) is 11.0. The lowest BCUT2D eigenvalue weighted by Gasteiger charge is -2.30. The molecule has 0 unspecified atom stereocenters. The molecule has 0 radical (unpaired) electrons. The number of para-hydroxylation sites is 2. The van der Waals surface area contributed by atoms with E-state index in [9.17, 15) is 18.0 Å². The topological polar surface area (TPSA) is 41.1 Å². The number of carbonyl (C=O) groups excluding carboxylic acids is 1. The Kier molecular flexibility index (Phi) is 5.41. The minimum absolute atomic E-state index is 0.0143. The predicted molar refractivity (Wildman–Crippen MR) is 123 cm³/mol. The molecular weight excluding hydrogens is 449 g/mol. The molecule has 1 heterocycles. The summed E-state index contributed by atoms with van der Waals surface area (Å²) in [5.41, 5.74) is 3.87. The molecule has 2 N–H and O–H groups in total. The number of carbonyl (C=O) groups is 1. The number of rotatable bonds is 2. The van der Waals surface area contributed by atoms with Crippen molar-refractivity contribution in [2.45, 2.75) is 31.0 Å². The van der Waals surface area contributed by atoms with E-state index in [0.717, 1.165) is 34.8 Å². The summed E-state index contributed by atoms with van der Waals surface area (Å²) in [7, 11) is 0. The van der Waals surface area contributed by atoms with Gasteiger partial charge in [0.1, 0.15) is 0 Å². The normalized spacial score (nSPS) is 20.3. The fourth-order valence-corrected chi connectivity index (χ4v) is 4.70. The van der Waals surface area contributed by atoms with Crippen molar-refractivity contribution in [3.63, 3.8) is 0 Å². The Morgan fingerprint density at radius 3 is 2.12 bits per heavy atom. The second-order valence-corrected chi connectivity index (χ2v) is 8.78. The molecule has 0 spiro atoms. The number of benzene rings is 3. The first kappa shape index (κ1) is 21.6. The molecule has 2 atom stereocenters. The van der Waals surface area contributed by atoms with E-state index in [0.29, 0.717) is 29.0 Å². The van der Waals surface area contributed by atoms with Gasteiger partial charge in [-0.3, -0.25) is 4.79 Å². The molecule has 33 heavy (non-hydrogen) atoms. The second kappa shape index (κ2) is 8.27. The number of alkyl halides is 3. The molecule has 7 heteroatoms. The standard InChI is InChI=1S/C26H20ClF3N2O/c27-19-11-7-15(8-12-19)17-13-22-24(23(33)14-17)25(32-21-4-2-1-3-20(21)31-22)16-5-9-18(10-6-16)26(28,29)30/h1-12,17,25,31-32H,13-14H2/t17-,25-/m0/s1. The van der Waals surface area contributed by atoms with Gasteiger partial charge in [0, 0.05) is 22.7 Å². The van der Waals surface area contributed by atoms with Crippen molar-refractivity contribution >= 4 is 28.8 Å². The van der Waals surface area contributed by atoms with E-state index >= 15 is 0 Å². The summed E-state index contributed by atoms with van der Waals surface area (Å²) in [6.07, 6.45) is -3.49. The van der Waals surface area contributed by atoms with Crippen LogP contribution in [0.4, 0.5) is 24.5 Å². The van der Waals surface area contributed by atoms with Gasteiger partial charge in [-0.25, -0.2) is 0 Å². The van der Waals surface area contributed by atoms with Crippen LogP contribution in [0.2, 0.25) is 5.02 Å². The van der Waals surface area contributed by atoms with Crippen LogP contribution in [0.5, 0.6) is 0 Å². The second-order valence-electron chi connectivity index (χ2n) is 8.34. The van der Waals surface area contributed by atoms with E-state index in [1.807, 2.05) is 48.5 Å². The number of hydrogen-bond acceptors (Lipinski definition) is 3. The van der Waals surface area contributed by atoms with E-state index in [1.165, 1.54) is 12.1 Å². The van der Waals surface area contributed by atoms with Gasteiger partial charge in [-0.1, -0.05) is 48.0 Å². The number of ketones is 1. The van der Waals surface area contributed by atoms with Crippen molar-refractivity contribution < 1.29 is 18.0 Å². The van der Waals surface area contributed by atoms with Crippen molar-refractivity contribution in [3.05, 3.63) is 106 Å². The van der Waals surface area contributed by atoms with Gasteiger partial charge in [0.2, 0.25) is 0 Å². The largest absolute Gasteiger partial charge is 0.416 e. The lowest BCUT2D eigenvalue weighted by Crippen LogP contribution is -2.27. The van der Waals surface area contributed by atoms with E-state index in [4.69, 9.17) is 11.6 Å². The zero-order chi connectivity index (χ0) is 23.2. The van der Waals surface area contributed by atoms with Crippen LogP contribution in [0, 0.1) is 0 Å². The fraction of sp³-hybridized carbons (Fsp3) is 0.192. The maximum absolute atomic E-state index is 13.4. The maximum Gasteiger partial charge on any atom is 0.416 e. The summed E-state index contributed by atoms with van der Waals surface area (Å²) in [5, 5.41) is 7.45. The molecule has 1 aliphatic carbocycles. The third kappa shape index (κ3) is 4.23. The molecule has 168 valence electrons. The Morgan fingerprint density at radius 1 is 0.818 bits per heavy atom. The third-order valence-corrected chi connectivity index (χ3v) is 6.47. The third-order valence-electron chi connectivity index (χ3n) is 6.22. The van der Waals surface area contributed by atoms with Gasteiger partial charge in [-0.05, 0) is 59.9 Å². The quantitative estimate of drug-likeness (QED) is 0.413. The minimum Gasteiger partial charge on any atom is -0.372 e. The summed E-state index contributed by atoms with van der Waals surface area (Å²) in [4.78, 5) is 13.4. The minimum atomic E-state index is -4.42. The summed E-state index contributed by atoms with van der Waals surface area (Å²) in [6, 6.07) is 19.5. The van der Waals surface area contributed by atoms with E-state index < -0.39 is 17.8 Å². The van der Waals surface area contributed by atoms with E-state index in [-0.39, 0.29) is 11.7 Å². The molecule has 0 aromatic heterocycles. The highest BCUT2D eigenvalue weighted by Gasteiger charge is 2.36. The van der Waals surface area contributed by atoms with Crippen LogP contribution in [-0.4, -0.2) is 5.78 Å². The van der Waals surface area contributed by atoms with Crippen molar-refractivity contribution in [2.75, 3.05) is 10.6 Å². The average Bonchev–Trinajstić information content (AvgIpc) is 2.96. The lowest BCUT2D eigenvalue weighted by molar-refractivity contribution is -0.137. The predicted octanol–water partition coefficient (Wildman–Crippen LogP) is 7.34. The van der Waals surface area contributed by atoms with E-state index in [1.54, 1.807) is 0 Å². The van der Waals surface area contributed by atoms with Gasteiger partial charge in [-0.15, -0.1) is 0 Å². The van der Waals surface area contributed by atoms with Crippen molar-refractivity contribution in [3.8, 4) is 0 Å². The Hall–Kier alpha value is -3.25.